The van der Waals surface area contributed by atoms with Crippen LogP contribution in [0.1, 0.15) is 42.9 Å². The van der Waals surface area contributed by atoms with Gasteiger partial charge in [0.1, 0.15) is 5.82 Å². The van der Waals surface area contributed by atoms with Crippen molar-refractivity contribution < 1.29 is 4.39 Å². The van der Waals surface area contributed by atoms with Crippen molar-refractivity contribution in [2.45, 2.75) is 49.4 Å². The molecular formula is C15H20FNS. The van der Waals surface area contributed by atoms with Gasteiger partial charge in [0.15, 0.2) is 0 Å². The highest BCUT2D eigenvalue weighted by Crippen LogP contribution is 2.35. The van der Waals surface area contributed by atoms with Crippen LogP contribution in [0.4, 0.5) is 4.39 Å². The average Bonchev–Trinajstić information content (AvgIpc) is 2.97. The quantitative estimate of drug-likeness (QED) is 0.894. The van der Waals surface area contributed by atoms with Crippen LogP contribution in [0.5, 0.6) is 0 Å². The molecule has 1 aromatic carbocycles. The lowest BCUT2D eigenvalue weighted by molar-refractivity contribution is 0.438. The Morgan fingerprint density at radius 1 is 1.28 bits per heavy atom. The van der Waals surface area contributed by atoms with E-state index in [2.05, 4.69) is 11.6 Å². The van der Waals surface area contributed by atoms with Crippen molar-refractivity contribution in [2.75, 3.05) is 6.26 Å². The molecule has 0 radical (unpaired) electrons. The first-order chi connectivity index (χ1) is 8.76. The highest BCUT2D eigenvalue weighted by atomic mass is 32.2. The van der Waals surface area contributed by atoms with Crippen molar-refractivity contribution in [1.82, 2.24) is 5.32 Å². The third-order valence-corrected chi connectivity index (χ3v) is 5.43. The van der Waals surface area contributed by atoms with Gasteiger partial charge >= 0.3 is 0 Å². The van der Waals surface area contributed by atoms with Crippen LogP contribution in [-0.2, 0) is 6.42 Å². The molecule has 18 heavy (non-hydrogen) atoms. The molecule has 2 aliphatic rings. The summed E-state index contributed by atoms with van der Waals surface area (Å²) in [6.45, 7) is 0. The van der Waals surface area contributed by atoms with Gasteiger partial charge in [-0.15, -0.1) is 0 Å². The van der Waals surface area contributed by atoms with Gasteiger partial charge in [-0.3, -0.25) is 0 Å². The fraction of sp³-hybridized carbons (Fsp3) is 0.600. The summed E-state index contributed by atoms with van der Waals surface area (Å²) in [6.07, 6.45) is 8.26. The number of hydrogen-bond donors (Lipinski definition) is 1. The fourth-order valence-corrected chi connectivity index (χ4v) is 4.15. The molecule has 1 saturated carbocycles. The first kappa shape index (κ1) is 12.5. The van der Waals surface area contributed by atoms with Gasteiger partial charge in [-0.1, -0.05) is 6.07 Å². The summed E-state index contributed by atoms with van der Waals surface area (Å²) in [7, 11) is 0. The Morgan fingerprint density at radius 3 is 2.94 bits per heavy atom. The number of aryl methyl sites for hydroxylation is 1. The minimum atomic E-state index is -0.0993. The van der Waals surface area contributed by atoms with Crippen LogP contribution < -0.4 is 5.32 Å². The van der Waals surface area contributed by atoms with Crippen LogP contribution in [0.15, 0.2) is 18.2 Å². The molecule has 1 nitrogen and oxygen atoms in total. The molecule has 0 saturated heterocycles. The minimum absolute atomic E-state index is 0.0993. The lowest BCUT2D eigenvalue weighted by Gasteiger charge is -2.20. The molecule has 0 aromatic heterocycles. The lowest BCUT2D eigenvalue weighted by Crippen LogP contribution is -2.30. The predicted molar refractivity (Wildman–Crippen MR) is 75.5 cm³/mol. The molecule has 98 valence electrons. The van der Waals surface area contributed by atoms with Gasteiger partial charge in [-0.2, -0.15) is 11.8 Å². The molecule has 3 heteroatoms. The smallest absolute Gasteiger partial charge is 0.123 e. The summed E-state index contributed by atoms with van der Waals surface area (Å²) in [5, 5.41) is 4.61. The molecule has 0 heterocycles. The summed E-state index contributed by atoms with van der Waals surface area (Å²) in [4.78, 5) is 0. The van der Waals surface area contributed by atoms with Gasteiger partial charge in [-0.05, 0) is 61.6 Å². The molecule has 0 amide bonds. The molecule has 1 aromatic rings. The Morgan fingerprint density at radius 2 is 2.17 bits per heavy atom. The van der Waals surface area contributed by atoms with E-state index >= 15 is 0 Å². The van der Waals surface area contributed by atoms with Crippen molar-refractivity contribution in [3.05, 3.63) is 35.1 Å². The Balaban J connectivity index is 1.66. The van der Waals surface area contributed by atoms with Crippen molar-refractivity contribution in [1.29, 1.82) is 0 Å². The van der Waals surface area contributed by atoms with Crippen LogP contribution in [-0.4, -0.2) is 17.5 Å². The number of nitrogens with one attached hydrogen (secondary N) is 1. The van der Waals surface area contributed by atoms with Crippen molar-refractivity contribution in [3.8, 4) is 0 Å². The van der Waals surface area contributed by atoms with E-state index in [1.165, 1.54) is 30.4 Å². The normalized spacial score (nSPS) is 30.7. The fourth-order valence-electron chi connectivity index (χ4n) is 3.35. The maximum Gasteiger partial charge on any atom is 0.123 e. The highest BCUT2D eigenvalue weighted by molar-refractivity contribution is 7.99. The second kappa shape index (κ2) is 5.22. The van der Waals surface area contributed by atoms with Crippen molar-refractivity contribution in [2.24, 2.45) is 0 Å². The molecule has 3 unspecified atom stereocenters. The third kappa shape index (κ3) is 2.43. The van der Waals surface area contributed by atoms with Gasteiger partial charge in [0.2, 0.25) is 0 Å². The van der Waals surface area contributed by atoms with E-state index < -0.39 is 0 Å². The summed E-state index contributed by atoms with van der Waals surface area (Å²) >= 11 is 1.99. The summed E-state index contributed by atoms with van der Waals surface area (Å²) in [5.74, 6) is -0.0993. The number of benzene rings is 1. The summed E-state index contributed by atoms with van der Waals surface area (Å²) < 4.78 is 13.2. The molecule has 3 rings (SSSR count). The van der Waals surface area contributed by atoms with E-state index in [0.717, 1.165) is 18.1 Å². The first-order valence-corrected chi connectivity index (χ1v) is 8.12. The van der Waals surface area contributed by atoms with E-state index in [4.69, 9.17) is 0 Å². The summed E-state index contributed by atoms with van der Waals surface area (Å²) in [6, 6.07) is 6.37. The largest absolute Gasteiger partial charge is 0.307 e. The first-order valence-electron chi connectivity index (χ1n) is 6.83. The van der Waals surface area contributed by atoms with Crippen molar-refractivity contribution in [3.63, 3.8) is 0 Å². The lowest BCUT2D eigenvalue weighted by atomic mass is 10.1. The maximum absolute atomic E-state index is 13.2. The average molecular weight is 265 g/mol. The van der Waals surface area contributed by atoms with Gasteiger partial charge in [0.05, 0.1) is 0 Å². The van der Waals surface area contributed by atoms with Crippen LogP contribution >= 0.6 is 11.8 Å². The van der Waals surface area contributed by atoms with Gasteiger partial charge in [-0.25, -0.2) is 4.39 Å². The van der Waals surface area contributed by atoms with Crippen molar-refractivity contribution >= 4 is 11.8 Å². The zero-order valence-electron chi connectivity index (χ0n) is 10.8. The molecule has 0 aliphatic heterocycles. The standard InChI is InChI=1S/C15H20FNS/c1-18-13-5-4-12(9-13)17-15-7-2-10-8-11(16)3-6-14(10)15/h3,6,8,12-13,15,17H,2,4-5,7,9H2,1H3. The molecule has 1 N–H and O–H groups in total. The molecule has 0 bridgehead atoms. The van der Waals surface area contributed by atoms with Gasteiger partial charge in [0.25, 0.3) is 0 Å². The van der Waals surface area contributed by atoms with E-state index in [0.29, 0.717) is 12.1 Å². The molecule has 3 atom stereocenters. The van der Waals surface area contributed by atoms with Crippen LogP contribution in [0.3, 0.4) is 0 Å². The van der Waals surface area contributed by atoms with Gasteiger partial charge in [0, 0.05) is 17.3 Å². The van der Waals surface area contributed by atoms with E-state index in [-0.39, 0.29) is 5.82 Å². The number of rotatable bonds is 3. The Labute approximate surface area is 113 Å². The van der Waals surface area contributed by atoms with Crippen LogP contribution in [0, 0.1) is 5.82 Å². The zero-order valence-corrected chi connectivity index (χ0v) is 11.6. The molecular weight excluding hydrogens is 245 g/mol. The Hall–Kier alpha value is -0.540. The maximum atomic E-state index is 13.2. The minimum Gasteiger partial charge on any atom is -0.307 e. The highest BCUT2D eigenvalue weighted by Gasteiger charge is 2.29. The number of thioether (sulfide) groups is 1. The number of fused-ring (bicyclic) bond motifs is 1. The van der Waals surface area contributed by atoms with E-state index in [1.54, 1.807) is 12.1 Å². The Kier molecular flexibility index (Phi) is 3.62. The van der Waals surface area contributed by atoms with E-state index in [1.807, 2.05) is 17.8 Å². The Bertz CT molecular complexity index is 435. The SMILES string of the molecule is CSC1CCC(NC2CCc3cc(F)ccc32)C1. The monoisotopic (exact) mass is 265 g/mol. The number of halogens is 1. The van der Waals surface area contributed by atoms with E-state index in [9.17, 15) is 4.39 Å². The third-order valence-electron chi connectivity index (χ3n) is 4.34. The second-order valence-electron chi connectivity index (χ2n) is 5.47. The zero-order chi connectivity index (χ0) is 12.5. The second-order valence-corrected chi connectivity index (χ2v) is 6.61. The molecule has 0 spiro atoms. The van der Waals surface area contributed by atoms with Gasteiger partial charge < -0.3 is 5.32 Å². The predicted octanol–water partition coefficient (Wildman–Crippen LogP) is 3.69. The summed E-state index contributed by atoms with van der Waals surface area (Å²) in [5.41, 5.74) is 2.52. The molecule has 2 aliphatic carbocycles. The van der Waals surface area contributed by atoms with Crippen LogP contribution in [0.2, 0.25) is 0 Å². The topological polar surface area (TPSA) is 12.0 Å². The molecule has 1 fully saturated rings. The van der Waals surface area contributed by atoms with Crippen LogP contribution in [0.25, 0.3) is 0 Å². The number of hydrogen-bond acceptors (Lipinski definition) is 2.